The Balaban J connectivity index is 1.56. The van der Waals surface area contributed by atoms with Crippen LogP contribution in [-0.2, 0) is 9.53 Å². The van der Waals surface area contributed by atoms with Crippen LogP contribution in [0.4, 0.5) is 0 Å². The van der Waals surface area contributed by atoms with Crippen LogP contribution in [0.15, 0.2) is 53.3 Å². The van der Waals surface area contributed by atoms with Crippen LogP contribution in [0.3, 0.4) is 0 Å². The summed E-state index contributed by atoms with van der Waals surface area (Å²) in [5, 5.41) is 10.2. The van der Waals surface area contributed by atoms with E-state index in [1.807, 2.05) is 0 Å². The Labute approximate surface area is 173 Å². The lowest BCUT2D eigenvalue weighted by molar-refractivity contribution is -0.124. The number of esters is 1. The maximum absolute atomic E-state index is 12.2. The molecule has 3 rings (SSSR count). The first-order valence-corrected chi connectivity index (χ1v) is 9.07. The fourth-order valence-electron chi connectivity index (χ4n) is 2.80. The number of amides is 1. The molecule has 1 heterocycles. The first-order valence-electron chi connectivity index (χ1n) is 9.07. The summed E-state index contributed by atoms with van der Waals surface area (Å²) in [6.45, 7) is 1.38. The second kappa shape index (κ2) is 9.55. The van der Waals surface area contributed by atoms with Crippen LogP contribution in [0.25, 0.3) is 11.5 Å². The van der Waals surface area contributed by atoms with Crippen LogP contribution in [0, 0.1) is 0 Å². The molecule has 0 bridgehead atoms. The number of rotatable bonds is 8. The van der Waals surface area contributed by atoms with Crippen molar-refractivity contribution in [1.29, 1.82) is 0 Å². The minimum absolute atomic E-state index is 0.300. The number of carbonyl (C=O) groups excluding carboxylic acids is 2. The standard InChI is InChI=1S/C21H21N3O6/c1-13(17-10-16(27-2)8-9-18(17)28-3)23-19(25)11-29-21(26)15-6-4-14(5-7-15)20-24-22-12-30-20/h4-10,12-13H,11H2,1-3H3,(H,23,25)/t13-/m1/s1. The van der Waals surface area contributed by atoms with E-state index in [-0.39, 0.29) is 6.04 Å². The maximum Gasteiger partial charge on any atom is 0.338 e. The van der Waals surface area contributed by atoms with E-state index in [9.17, 15) is 9.59 Å². The lowest BCUT2D eigenvalue weighted by Crippen LogP contribution is -2.31. The lowest BCUT2D eigenvalue weighted by Gasteiger charge is -2.18. The van der Waals surface area contributed by atoms with Gasteiger partial charge in [0.2, 0.25) is 12.3 Å². The molecule has 0 saturated heterocycles. The fraction of sp³-hybridized carbons (Fsp3) is 0.238. The highest BCUT2D eigenvalue weighted by Crippen LogP contribution is 2.29. The van der Waals surface area contributed by atoms with Crippen LogP contribution >= 0.6 is 0 Å². The zero-order valence-corrected chi connectivity index (χ0v) is 16.7. The molecule has 0 unspecified atom stereocenters. The lowest BCUT2D eigenvalue weighted by atomic mass is 10.1. The van der Waals surface area contributed by atoms with Crippen molar-refractivity contribution in [3.05, 3.63) is 60.0 Å². The van der Waals surface area contributed by atoms with Gasteiger partial charge in [0.05, 0.1) is 25.8 Å². The quantitative estimate of drug-likeness (QED) is 0.563. The summed E-state index contributed by atoms with van der Waals surface area (Å²) in [4.78, 5) is 24.4. The molecule has 30 heavy (non-hydrogen) atoms. The number of carbonyl (C=O) groups is 2. The van der Waals surface area contributed by atoms with Crippen molar-refractivity contribution in [1.82, 2.24) is 15.5 Å². The van der Waals surface area contributed by atoms with E-state index < -0.39 is 18.5 Å². The molecule has 0 radical (unpaired) electrons. The summed E-state index contributed by atoms with van der Waals surface area (Å²) in [6, 6.07) is 11.4. The molecular weight excluding hydrogens is 390 g/mol. The van der Waals surface area contributed by atoms with E-state index in [1.165, 1.54) is 6.39 Å². The monoisotopic (exact) mass is 411 g/mol. The predicted octanol–water partition coefficient (Wildman–Crippen LogP) is 2.79. The van der Waals surface area contributed by atoms with Crippen LogP contribution in [0.1, 0.15) is 28.9 Å². The summed E-state index contributed by atoms with van der Waals surface area (Å²) in [6.07, 6.45) is 1.22. The molecule has 0 aliphatic rings. The normalized spacial score (nSPS) is 11.4. The number of benzene rings is 2. The van der Waals surface area contributed by atoms with Gasteiger partial charge in [0, 0.05) is 11.1 Å². The molecule has 0 aliphatic carbocycles. The highest BCUT2D eigenvalue weighted by molar-refractivity contribution is 5.91. The molecule has 9 heteroatoms. The molecule has 1 aromatic heterocycles. The van der Waals surface area contributed by atoms with Gasteiger partial charge in [-0.1, -0.05) is 0 Å². The number of ether oxygens (including phenoxy) is 3. The van der Waals surface area contributed by atoms with Gasteiger partial charge in [-0.2, -0.15) is 0 Å². The van der Waals surface area contributed by atoms with E-state index in [1.54, 1.807) is 63.6 Å². The molecule has 156 valence electrons. The first kappa shape index (κ1) is 20.8. The third kappa shape index (κ3) is 4.93. The molecule has 0 saturated carbocycles. The first-order chi connectivity index (χ1) is 14.5. The van der Waals surface area contributed by atoms with Crippen molar-refractivity contribution in [2.45, 2.75) is 13.0 Å². The number of hydrogen-bond acceptors (Lipinski definition) is 8. The Morgan fingerprint density at radius 1 is 1.10 bits per heavy atom. The third-order valence-corrected chi connectivity index (χ3v) is 4.34. The van der Waals surface area contributed by atoms with Gasteiger partial charge in [0.15, 0.2) is 6.61 Å². The Morgan fingerprint density at radius 3 is 2.50 bits per heavy atom. The molecule has 1 atom stereocenters. The van der Waals surface area contributed by atoms with E-state index in [2.05, 4.69) is 15.5 Å². The van der Waals surface area contributed by atoms with Crippen molar-refractivity contribution >= 4 is 11.9 Å². The molecule has 0 spiro atoms. The number of nitrogens with zero attached hydrogens (tertiary/aromatic N) is 2. The highest BCUT2D eigenvalue weighted by Gasteiger charge is 2.17. The fourth-order valence-corrected chi connectivity index (χ4v) is 2.80. The van der Waals surface area contributed by atoms with Crippen molar-refractivity contribution in [2.75, 3.05) is 20.8 Å². The predicted molar refractivity (Wildman–Crippen MR) is 106 cm³/mol. The Hall–Kier alpha value is -3.88. The molecule has 1 N–H and O–H groups in total. The second-order valence-corrected chi connectivity index (χ2v) is 6.29. The van der Waals surface area contributed by atoms with Crippen molar-refractivity contribution in [3.63, 3.8) is 0 Å². The SMILES string of the molecule is COc1ccc(OC)c([C@@H](C)NC(=O)COC(=O)c2ccc(-c3nnco3)cc2)c1. The average Bonchev–Trinajstić information content (AvgIpc) is 3.32. The molecule has 1 amide bonds. The largest absolute Gasteiger partial charge is 0.497 e. The van der Waals surface area contributed by atoms with E-state index in [0.29, 0.717) is 28.5 Å². The summed E-state index contributed by atoms with van der Waals surface area (Å²) in [7, 11) is 3.11. The Bertz CT molecular complexity index is 1000. The van der Waals surface area contributed by atoms with Crippen molar-refractivity contribution in [2.24, 2.45) is 0 Å². The second-order valence-electron chi connectivity index (χ2n) is 6.29. The summed E-state index contributed by atoms with van der Waals surface area (Å²) in [5.74, 6) is 0.539. The van der Waals surface area contributed by atoms with Gasteiger partial charge in [-0.05, 0) is 49.4 Å². The zero-order chi connectivity index (χ0) is 21.5. The highest BCUT2D eigenvalue weighted by atomic mass is 16.5. The van der Waals surface area contributed by atoms with Crippen molar-refractivity contribution < 1.29 is 28.2 Å². The van der Waals surface area contributed by atoms with Gasteiger partial charge in [-0.3, -0.25) is 4.79 Å². The van der Waals surface area contributed by atoms with Crippen LogP contribution in [-0.4, -0.2) is 42.9 Å². The number of methoxy groups -OCH3 is 2. The topological polar surface area (TPSA) is 113 Å². The maximum atomic E-state index is 12.2. The van der Waals surface area contributed by atoms with Crippen LogP contribution in [0.5, 0.6) is 11.5 Å². The van der Waals surface area contributed by atoms with Gasteiger partial charge >= 0.3 is 5.97 Å². The van der Waals surface area contributed by atoms with Gasteiger partial charge in [-0.15, -0.1) is 10.2 Å². The van der Waals surface area contributed by atoms with E-state index >= 15 is 0 Å². The third-order valence-electron chi connectivity index (χ3n) is 4.34. The molecule has 0 aliphatic heterocycles. The van der Waals surface area contributed by atoms with Gasteiger partial charge in [-0.25, -0.2) is 4.79 Å². The Morgan fingerprint density at radius 2 is 1.87 bits per heavy atom. The average molecular weight is 411 g/mol. The van der Waals surface area contributed by atoms with Crippen LogP contribution in [0.2, 0.25) is 0 Å². The van der Waals surface area contributed by atoms with E-state index in [0.717, 1.165) is 5.56 Å². The number of aromatic nitrogens is 2. The number of hydrogen-bond donors (Lipinski definition) is 1. The van der Waals surface area contributed by atoms with Gasteiger partial charge in [0.25, 0.3) is 5.91 Å². The van der Waals surface area contributed by atoms with Crippen molar-refractivity contribution in [3.8, 4) is 23.0 Å². The summed E-state index contributed by atoms with van der Waals surface area (Å²) < 4.78 is 20.7. The Kier molecular flexibility index (Phi) is 6.63. The molecule has 3 aromatic rings. The van der Waals surface area contributed by atoms with Crippen LogP contribution < -0.4 is 14.8 Å². The smallest absolute Gasteiger partial charge is 0.338 e. The zero-order valence-electron chi connectivity index (χ0n) is 16.7. The van der Waals surface area contributed by atoms with Gasteiger partial charge < -0.3 is 23.9 Å². The molecule has 0 fully saturated rings. The summed E-state index contributed by atoms with van der Waals surface area (Å²) in [5.41, 5.74) is 1.71. The molecule has 2 aromatic carbocycles. The summed E-state index contributed by atoms with van der Waals surface area (Å²) >= 11 is 0. The number of nitrogens with one attached hydrogen (secondary N) is 1. The van der Waals surface area contributed by atoms with E-state index in [4.69, 9.17) is 18.6 Å². The molecule has 9 nitrogen and oxygen atoms in total. The minimum atomic E-state index is -0.617. The van der Waals surface area contributed by atoms with Gasteiger partial charge in [0.1, 0.15) is 11.5 Å². The minimum Gasteiger partial charge on any atom is -0.497 e. The molecular formula is C21H21N3O6.